The summed E-state index contributed by atoms with van der Waals surface area (Å²) in [7, 11) is 1.85. The fraction of sp³-hybridized carbons (Fsp3) is 0.600. The lowest BCUT2D eigenvalue weighted by Gasteiger charge is -2.35. The highest BCUT2D eigenvalue weighted by Crippen LogP contribution is 2.21. The Morgan fingerprint density at radius 1 is 1.42 bits per heavy atom. The van der Waals surface area contributed by atoms with Crippen molar-refractivity contribution in [2.24, 2.45) is 0 Å². The zero-order valence-corrected chi connectivity index (χ0v) is 12.7. The normalized spacial score (nSPS) is 11.2. The van der Waals surface area contributed by atoms with Gasteiger partial charge >= 0.3 is 0 Å². The Kier molecular flexibility index (Phi) is 5.33. The largest absolute Gasteiger partial charge is 0.369 e. The number of carbonyl (C=O) groups excluding carboxylic acids is 1. The van der Waals surface area contributed by atoms with Crippen LogP contribution in [0.2, 0.25) is 0 Å². The molecule has 0 atom stereocenters. The van der Waals surface area contributed by atoms with Gasteiger partial charge in [0.1, 0.15) is 5.82 Å². The molecular formula is C15H25N3O. The van der Waals surface area contributed by atoms with Gasteiger partial charge in [0, 0.05) is 25.3 Å². The van der Waals surface area contributed by atoms with Gasteiger partial charge in [0.25, 0.3) is 5.91 Å². The molecule has 106 valence electrons. The summed E-state index contributed by atoms with van der Waals surface area (Å²) in [4.78, 5) is 18.6. The molecule has 0 saturated carbocycles. The lowest BCUT2D eigenvalue weighted by Crippen LogP contribution is -2.44. The van der Waals surface area contributed by atoms with Gasteiger partial charge in [-0.1, -0.05) is 13.8 Å². The van der Waals surface area contributed by atoms with Gasteiger partial charge in [-0.15, -0.1) is 0 Å². The van der Waals surface area contributed by atoms with E-state index in [1.54, 1.807) is 17.2 Å². The van der Waals surface area contributed by atoms with Gasteiger partial charge in [-0.05, 0) is 38.8 Å². The number of nitrogens with one attached hydrogen (secondary N) is 1. The summed E-state index contributed by atoms with van der Waals surface area (Å²) < 4.78 is 0. The Hall–Kier alpha value is -1.58. The van der Waals surface area contributed by atoms with E-state index in [9.17, 15) is 4.79 Å². The molecule has 0 aliphatic rings. The molecule has 0 aliphatic heterocycles. The van der Waals surface area contributed by atoms with Crippen LogP contribution in [0.15, 0.2) is 18.3 Å². The van der Waals surface area contributed by atoms with Crippen LogP contribution in [0.1, 0.15) is 50.9 Å². The summed E-state index contributed by atoms with van der Waals surface area (Å²) >= 11 is 0. The third-order valence-corrected chi connectivity index (χ3v) is 3.66. The van der Waals surface area contributed by atoms with Crippen LogP contribution < -0.4 is 5.32 Å². The molecule has 0 spiro atoms. The fourth-order valence-corrected chi connectivity index (χ4v) is 1.65. The molecule has 4 heteroatoms. The molecule has 0 bridgehead atoms. The fourth-order valence-electron chi connectivity index (χ4n) is 1.65. The molecule has 1 N–H and O–H groups in total. The topological polar surface area (TPSA) is 45.2 Å². The Morgan fingerprint density at radius 2 is 2.11 bits per heavy atom. The van der Waals surface area contributed by atoms with Crippen LogP contribution in [-0.4, -0.2) is 34.9 Å². The van der Waals surface area contributed by atoms with Crippen molar-refractivity contribution in [2.75, 3.05) is 18.9 Å². The number of rotatable bonds is 6. The number of anilines is 1. The molecule has 19 heavy (non-hydrogen) atoms. The van der Waals surface area contributed by atoms with Crippen molar-refractivity contribution in [3.63, 3.8) is 0 Å². The van der Waals surface area contributed by atoms with Crippen molar-refractivity contribution in [3.8, 4) is 0 Å². The molecule has 0 fully saturated rings. The lowest BCUT2D eigenvalue weighted by atomic mass is 9.99. The van der Waals surface area contributed by atoms with Crippen LogP contribution in [0.5, 0.6) is 0 Å². The molecule has 0 radical (unpaired) electrons. The summed E-state index contributed by atoms with van der Waals surface area (Å²) in [5, 5.41) is 3.21. The Morgan fingerprint density at radius 3 is 2.68 bits per heavy atom. The van der Waals surface area contributed by atoms with Crippen molar-refractivity contribution in [3.05, 3.63) is 23.9 Å². The van der Waals surface area contributed by atoms with E-state index in [1.165, 1.54) is 0 Å². The molecule has 0 aliphatic carbocycles. The molecule has 0 aromatic carbocycles. The first-order valence-corrected chi connectivity index (χ1v) is 6.91. The van der Waals surface area contributed by atoms with Crippen LogP contribution in [0.3, 0.4) is 0 Å². The number of carbonyl (C=O) groups is 1. The lowest BCUT2D eigenvalue weighted by molar-refractivity contribution is 0.0621. The predicted octanol–water partition coefficient (Wildman–Crippen LogP) is 3.16. The summed E-state index contributed by atoms with van der Waals surface area (Å²) in [6.07, 6.45) is 3.62. The Labute approximate surface area is 116 Å². The summed E-state index contributed by atoms with van der Waals surface area (Å²) in [6, 6.07) is 3.63. The monoisotopic (exact) mass is 263 g/mol. The average molecular weight is 263 g/mol. The second-order valence-corrected chi connectivity index (χ2v) is 5.36. The maximum absolute atomic E-state index is 12.6. The van der Waals surface area contributed by atoms with Gasteiger partial charge in [0.15, 0.2) is 0 Å². The number of hydrogen-bond donors (Lipinski definition) is 1. The Balaban J connectivity index is 2.99. The van der Waals surface area contributed by atoms with E-state index in [0.29, 0.717) is 11.4 Å². The second kappa shape index (κ2) is 6.55. The quantitative estimate of drug-likeness (QED) is 0.857. The second-order valence-electron chi connectivity index (χ2n) is 5.36. The van der Waals surface area contributed by atoms with Gasteiger partial charge in [-0.2, -0.15) is 0 Å². The van der Waals surface area contributed by atoms with E-state index in [2.05, 4.69) is 38.0 Å². The summed E-state index contributed by atoms with van der Waals surface area (Å²) in [6.45, 7) is 9.13. The molecule has 1 rings (SSSR count). The highest BCUT2D eigenvalue weighted by molar-refractivity contribution is 5.98. The maximum Gasteiger partial charge on any atom is 0.257 e. The number of hydrogen-bond acceptors (Lipinski definition) is 3. The summed E-state index contributed by atoms with van der Waals surface area (Å²) in [5.74, 6) is 0.687. The first kappa shape index (κ1) is 15.5. The smallest absolute Gasteiger partial charge is 0.257 e. The minimum absolute atomic E-state index is 0.0125. The molecule has 0 unspecified atom stereocenters. The van der Waals surface area contributed by atoms with Crippen molar-refractivity contribution in [1.82, 2.24) is 9.88 Å². The zero-order chi connectivity index (χ0) is 14.5. The number of amides is 1. The van der Waals surface area contributed by atoms with E-state index in [1.807, 2.05) is 13.1 Å². The van der Waals surface area contributed by atoms with Crippen molar-refractivity contribution < 1.29 is 4.79 Å². The SMILES string of the molecule is CCCNc1ncccc1C(=O)N(C)C(C)(C)CC. The molecule has 1 aromatic rings. The minimum Gasteiger partial charge on any atom is -0.369 e. The molecular weight excluding hydrogens is 238 g/mol. The van der Waals surface area contributed by atoms with Crippen molar-refractivity contribution >= 4 is 11.7 Å². The van der Waals surface area contributed by atoms with E-state index in [-0.39, 0.29) is 11.4 Å². The number of pyridine rings is 1. The third-order valence-electron chi connectivity index (χ3n) is 3.66. The van der Waals surface area contributed by atoms with Crippen LogP contribution in [0, 0.1) is 0 Å². The van der Waals surface area contributed by atoms with Crippen LogP contribution >= 0.6 is 0 Å². The highest BCUT2D eigenvalue weighted by Gasteiger charge is 2.27. The molecule has 1 aromatic heterocycles. The van der Waals surface area contributed by atoms with Gasteiger partial charge in [-0.25, -0.2) is 4.98 Å². The van der Waals surface area contributed by atoms with Gasteiger partial charge in [-0.3, -0.25) is 4.79 Å². The first-order valence-electron chi connectivity index (χ1n) is 6.91. The van der Waals surface area contributed by atoms with Crippen molar-refractivity contribution in [2.45, 2.75) is 46.1 Å². The van der Waals surface area contributed by atoms with Crippen molar-refractivity contribution in [1.29, 1.82) is 0 Å². The van der Waals surface area contributed by atoms with Gasteiger partial charge in [0.2, 0.25) is 0 Å². The molecule has 4 nitrogen and oxygen atoms in total. The van der Waals surface area contributed by atoms with Crippen LogP contribution in [-0.2, 0) is 0 Å². The molecule has 0 saturated heterocycles. The summed E-state index contributed by atoms with van der Waals surface area (Å²) in [5.41, 5.74) is 0.481. The molecule has 1 amide bonds. The van der Waals surface area contributed by atoms with Crippen LogP contribution in [0.4, 0.5) is 5.82 Å². The first-order chi connectivity index (χ1) is 8.94. The highest BCUT2D eigenvalue weighted by atomic mass is 16.2. The standard InChI is InChI=1S/C15H25N3O/c1-6-10-16-13-12(9-8-11-17-13)14(19)18(5)15(3,4)7-2/h8-9,11H,6-7,10H2,1-5H3,(H,16,17). The average Bonchev–Trinajstić information content (AvgIpc) is 2.43. The predicted molar refractivity (Wildman–Crippen MR) is 79.5 cm³/mol. The van der Waals surface area contributed by atoms with Gasteiger partial charge in [0.05, 0.1) is 5.56 Å². The molecule has 1 heterocycles. The van der Waals surface area contributed by atoms with E-state index in [4.69, 9.17) is 0 Å². The van der Waals surface area contributed by atoms with E-state index < -0.39 is 0 Å². The zero-order valence-electron chi connectivity index (χ0n) is 12.7. The number of aromatic nitrogens is 1. The van der Waals surface area contributed by atoms with Gasteiger partial charge < -0.3 is 10.2 Å². The minimum atomic E-state index is -0.158. The maximum atomic E-state index is 12.6. The number of nitrogens with zero attached hydrogens (tertiary/aromatic N) is 2. The van der Waals surface area contributed by atoms with Crippen LogP contribution in [0.25, 0.3) is 0 Å². The Bertz CT molecular complexity index is 429. The van der Waals surface area contributed by atoms with E-state index >= 15 is 0 Å². The third kappa shape index (κ3) is 3.69. The van der Waals surface area contributed by atoms with E-state index in [0.717, 1.165) is 19.4 Å².